The normalized spacial score (nSPS) is 23.1. The Bertz CT molecular complexity index is 1160. The lowest BCUT2D eigenvalue weighted by Crippen LogP contribution is -2.33. The molecular formula is C28H27N. The van der Waals surface area contributed by atoms with E-state index < -0.39 is 0 Å². The molecule has 1 nitrogen and oxygen atoms in total. The van der Waals surface area contributed by atoms with Gasteiger partial charge in [0.05, 0.1) is 12.1 Å². The maximum Gasteiger partial charge on any atom is 0.0592 e. The summed E-state index contributed by atoms with van der Waals surface area (Å²) in [6.07, 6.45) is 11.4. The summed E-state index contributed by atoms with van der Waals surface area (Å²) in [4.78, 5) is 0. The van der Waals surface area contributed by atoms with Crippen LogP contribution in [0.3, 0.4) is 0 Å². The first-order valence-corrected chi connectivity index (χ1v) is 10.5. The van der Waals surface area contributed by atoms with Gasteiger partial charge in [0.1, 0.15) is 0 Å². The summed E-state index contributed by atoms with van der Waals surface area (Å²) in [5.41, 5.74) is 8.20. The number of nitrogens with one attached hydrogen (secondary N) is 1. The van der Waals surface area contributed by atoms with Gasteiger partial charge in [-0.25, -0.2) is 0 Å². The van der Waals surface area contributed by atoms with Crippen molar-refractivity contribution in [3.05, 3.63) is 118 Å². The number of rotatable bonds is 2. The van der Waals surface area contributed by atoms with Crippen LogP contribution in [0.1, 0.15) is 46.8 Å². The van der Waals surface area contributed by atoms with E-state index in [0.717, 1.165) is 0 Å². The summed E-state index contributed by atoms with van der Waals surface area (Å²) < 4.78 is 0. The van der Waals surface area contributed by atoms with Gasteiger partial charge in [-0.3, -0.25) is 5.32 Å². The topological polar surface area (TPSA) is 12.0 Å². The van der Waals surface area contributed by atoms with Gasteiger partial charge in [-0.2, -0.15) is 0 Å². The van der Waals surface area contributed by atoms with E-state index in [4.69, 9.17) is 0 Å². The van der Waals surface area contributed by atoms with Crippen molar-refractivity contribution in [3.63, 3.8) is 0 Å². The molecule has 0 fully saturated rings. The molecule has 1 heteroatoms. The first kappa shape index (κ1) is 18.1. The van der Waals surface area contributed by atoms with Crippen LogP contribution in [0.25, 0.3) is 10.8 Å². The molecule has 0 saturated heterocycles. The minimum atomic E-state index is 0.171. The third-order valence-electron chi connectivity index (χ3n) is 6.38. The Labute approximate surface area is 173 Å². The van der Waals surface area contributed by atoms with Crippen LogP contribution >= 0.6 is 0 Å². The van der Waals surface area contributed by atoms with Crippen molar-refractivity contribution >= 4 is 10.8 Å². The van der Waals surface area contributed by atoms with Gasteiger partial charge in [0, 0.05) is 0 Å². The Hall–Kier alpha value is -2.90. The lowest BCUT2D eigenvalue weighted by molar-refractivity contribution is 0.527. The molecule has 3 atom stereocenters. The van der Waals surface area contributed by atoms with Gasteiger partial charge >= 0.3 is 0 Å². The van der Waals surface area contributed by atoms with E-state index >= 15 is 0 Å². The van der Waals surface area contributed by atoms with Crippen molar-refractivity contribution < 1.29 is 0 Å². The molecule has 0 amide bonds. The SMILES string of the molecule is Cc1ccc2ccc(C)c3c2c1C(C1=CC=CC(C)C=C1)NC3c1ccccc1. The highest BCUT2D eigenvalue weighted by atomic mass is 15.0. The van der Waals surface area contributed by atoms with Crippen LogP contribution in [0.4, 0.5) is 0 Å². The number of benzene rings is 3. The second-order valence-corrected chi connectivity index (χ2v) is 8.40. The molecule has 3 aromatic rings. The molecule has 1 N–H and O–H groups in total. The van der Waals surface area contributed by atoms with Gasteiger partial charge in [-0.1, -0.05) is 91.9 Å². The maximum absolute atomic E-state index is 4.03. The minimum Gasteiger partial charge on any atom is -0.295 e. The van der Waals surface area contributed by atoms with Crippen LogP contribution in [-0.2, 0) is 0 Å². The Morgan fingerprint density at radius 2 is 1.45 bits per heavy atom. The molecule has 1 heterocycles. The molecule has 2 aliphatic rings. The summed E-state index contributed by atoms with van der Waals surface area (Å²) in [7, 11) is 0. The molecule has 144 valence electrons. The van der Waals surface area contributed by atoms with Crippen LogP contribution < -0.4 is 5.32 Å². The minimum absolute atomic E-state index is 0.171. The van der Waals surface area contributed by atoms with E-state index in [9.17, 15) is 0 Å². The Balaban J connectivity index is 1.80. The summed E-state index contributed by atoms with van der Waals surface area (Å²) >= 11 is 0. The quantitative estimate of drug-likeness (QED) is 0.513. The second kappa shape index (κ2) is 7.17. The summed E-state index contributed by atoms with van der Waals surface area (Å²) in [5.74, 6) is 0.462. The van der Waals surface area contributed by atoms with E-state index in [1.54, 1.807) is 0 Å². The number of aryl methyl sites for hydroxylation is 2. The molecular weight excluding hydrogens is 350 g/mol. The Morgan fingerprint density at radius 1 is 0.759 bits per heavy atom. The first-order chi connectivity index (χ1) is 14.1. The molecule has 0 spiro atoms. The summed E-state index contributed by atoms with van der Waals surface area (Å²) in [6, 6.07) is 20.3. The van der Waals surface area contributed by atoms with Gasteiger partial charge in [-0.05, 0) is 63.9 Å². The Morgan fingerprint density at radius 3 is 2.17 bits per heavy atom. The van der Waals surface area contributed by atoms with Gasteiger partial charge in [0.2, 0.25) is 0 Å². The zero-order valence-corrected chi connectivity index (χ0v) is 17.3. The molecule has 29 heavy (non-hydrogen) atoms. The predicted octanol–water partition coefficient (Wildman–Crippen LogP) is 6.88. The molecule has 1 aliphatic heterocycles. The van der Waals surface area contributed by atoms with Crippen LogP contribution in [0.2, 0.25) is 0 Å². The Kier molecular flexibility index (Phi) is 4.49. The van der Waals surface area contributed by atoms with E-state index in [-0.39, 0.29) is 12.1 Å². The van der Waals surface area contributed by atoms with Crippen LogP contribution in [0.5, 0.6) is 0 Å². The molecule has 3 aromatic carbocycles. The van der Waals surface area contributed by atoms with Gasteiger partial charge in [0.25, 0.3) is 0 Å². The summed E-state index contributed by atoms with van der Waals surface area (Å²) in [5, 5.41) is 6.79. The molecule has 0 bridgehead atoms. The maximum atomic E-state index is 4.03. The smallest absolute Gasteiger partial charge is 0.0592 e. The highest BCUT2D eigenvalue weighted by Crippen LogP contribution is 2.45. The lowest BCUT2D eigenvalue weighted by Gasteiger charge is -2.37. The number of allylic oxidation sites excluding steroid dienone is 4. The molecule has 0 radical (unpaired) electrons. The monoisotopic (exact) mass is 377 g/mol. The van der Waals surface area contributed by atoms with Crippen LogP contribution in [0, 0.1) is 19.8 Å². The van der Waals surface area contributed by atoms with Gasteiger partial charge in [0.15, 0.2) is 0 Å². The third kappa shape index (κ3) is 3.07. The second-order valence-electron chi connectivity index (χ2n) is 8.40. The van der Waals surface area contributed by atoms with Crippen molar-refractivity contribution in [3.8, 4) is 0 Å². The average Bonchev–Trinajstić information content (AvgIpc) is 2.97. The van der Waals surface area contributed by atoms with E-state index in [1.807, 2.05) is 0 Å². The van der Waals surface area contributed by atoms with Gasteiger partial charge in [-0.15, -0.1) is 0 Å². The number of hydrogen-bond acceptors (Lipinski definition) is 1. The van der Waals surface area contributed by atoms with Crippen LogP contribution in [0.15, 0.2) is 90.6 Å². The number of hydrogen-bond donors (Lipinski definition) is 1. The predicted molar refractivity (Wildman–Crippen MR) is 123 cm³/mol. The van der Waals surface area contributed by atoms with Crippen molar-refractivity contribution in [1.82, 2.24) is 5.32 Å². The van der Waals surface area contributed by atoms with Crippen molar-refractivity contribution in [2.24, 2.45) is 5.92 Å². The molecule has 0 saturated carbocycles. The van der Waals surface area contributed by atoms with E-state index in [2.05, 4.69) is 111 Å². The van der Waals surface area contributed by atoms with E-state index in [0.29, 0.717) is 5.92 Å². The van der Waals surface area contributed by atoms with Crippen LogP contribution in [-0.4, -0.2) is 0 Å². The average molecular weight is 378 g/mol. The third-order valence-corrected chi connectivity index (χ3v) is 6.38. The molecule has 5 rings (SSSR count). The molecule has 1 aliphatic carbocycles. The zero-order valence-electron chi connectivity index (χ0n) is 17.3. The highest BCUT2D eigenvalue weighted by molar-refractivity contribution is 5.93. The zero-order chi connectivity index (χ0) is 20.0. The fraction of sp³-hybridized carbons (Fsp3) is 0.214. The first-order valence-electron chi connectivity index (χ1n) is 10.5. The highest BCUT2D eigenvalue weighted by Gasteiger charge is 2.32. The fourth-order valence-corrected chi connectivity index (χ4v) is 4.85. The van der Waals surface area contributed by atoms with Gasteiger partial charge < -0.3 is 0 Å². The molecule has 0 aromatic heterocycles. The summed E-state index contributed by atoms with van der Waals surface area (Å²) in [6.45, 7) is 6.72. The fourth-order valence-electron chi connectivity index (χ4n) is 4.85. The van der Waals surface area contributed by atoms with E-state index in [1.165, 1.54) is 44.2 Å². The lowest BCUT2D eigenvalue weighted by atomic mass is 9.79. The van der Waals surface area contributed by atoms with Crippen molar-refractivity contribution in [2.45, 2.75) is 32.9 Å². The molecule has 3 unspecified atom stereocenters. The largest absolute Gasteiger partial charge is 0.295 e. The van der Waals surface area contributed by atoms with Crippen molar-refractivity contribution in [2.75, 3.05) is 0 Å². The standard InChI is InChI=1S/C28H27N/c1-18-8-7-11-23(15-12-18)28-25-20(3)14-17-21-16-13-19(2)24(26(21)25)27(29-28)22-9-5-4-6-10-22/h4-18,27-29H,1-3H3. The van der Waals surface area contributed by atoms with Crippen molar-refractivity contribution in [1.29, 1.82) is 0 Å².